The molecule has 3 unspecified atom stereocenters. The van der Waals surface area contributed by atoms with Gasteiger partial charge in [-0.1, -0.05) is 13.3 Å². The zero-order chi connectivity index (χ0) is 19.0. The summed E-state index contributed by atoms with van der Waals surface area (Å²) in [6.45, 7) is 4.00. The normalized spacial score (nSPS) is 25.5. The maximum absolute atomic E-state index is 13.0. The Morgan fingerprint density at radius 2 is 2.08 bits per heavy atom. The van der Waals surface area contributed by atoms with Crippen molar-refractivity contribution in [2.45, 2.75) is 45.4 Å². The maximum Gasteiger partial charge on any atom is 0.161 e. The summed E-state index contributed by atoms with van der Waals surface area (Å²) < 4.78 is 0.679. The molecule has 0 bridgehead atoms. The van der Waals surface area contributed by atoms with E-state index in [1.54, 1.807) is 6.07 Å². The zero-order valence-electron chi connectivity index (χ0n) is 15.1. The highest BCUT2D eigenvalue weighted by atomic mass is 79.9. The number of hydrogen-bond donors (Lipinski definition) is 2. The highest BCUT2D eigenvalue weighted by molar-refractivity contribution is 9.10. The van der Waals surface area contributed by atoms with Crippen LogP contribution in [0.3, 0.4) is 0 Å². The van der Waals surface area contributed by atoms with Gasteiger partial charge in [-0.2, -0.15) is 5.26 Å². The van der Waals surface area contributed by atoms with E-state index in [1.165, 1.54) is 0 Å². The van der Waals surface area contributed by atoms with Crippen LogP contribution in [0.2, 0.25) is 0 Å². The molecule has 4 N–H and O–H groups in total. The Morgan fingerprint density at radius 3 is 2.69 bits per heavy atom. The van der Waals surface area contributed by atoms with Crippen LogP contribution in [-0.4, -0.2) is 11.5 Å². The summed E-state index contributed by atoms with van der Waals surface area (Å²) in [5.74, 6) is -0.375. The summed E-state index contributed by atoms with van der Waals surface area (Å²) in [4.78, 5) is 17.7. The predicted octanol–water partition coefficient (Wildman–Crippen LogP) is 4.34. The molecule has 1 aliphatic heterocycles. The van der Waals surface area contributed by atoms with Crippen LogP contribution in [0.4, 0.5) is 11.4 Å². The molecule has 6 heteroatoms. The first kappa shape index (κ1) is 18.7. The Morgan fingerprint density at radius 1 is 1.35 bits per heavy atom. The van der Waals surface area contributed by atoms with Gasteiger partial charge in [-0.25, -0.2) is 0 Å². The molecule has 0 saturated heterocycles. The van der Waals surface area contributed by atoms with Crippen molar-refractivity contribution in [1.82, 2.24) is 0 Å². The largest absolute Gasteiger partial charge is 0.397 e. The smallest absolute Gasteiger partial charge is 0.161 e. The standard InChI is InChI=1S/C20H23BrN4O/c1-3-4-11-5-16-19(17(26)6-11)18(13(9-22)10(2)25-16)12-7-14(21)20(24)15(23)8-12/h7-8,11,13,18H,3-6,23-24H2,1-2H3. The second-order valence-electron chi connectivity index (χ2n) is 7.19. The number of nitrogens with two attached hydrogens (primary N) is 2. The SMILES string of the molecule is CCCC1CC(=O)C2=C(C1)N=C(C)C(C#N)C2c1cc(N)c(N)c(Br)c1. The van der Waals surface area contributed by atoms with Crippen molar-refractivity contribution < 1.29 is 4.79 Å². The molecule has 2 aliphatic rings. The average Bonchev–Trinajstić information content (AvgIpc) is 2.58. The number of ketones is 1. The molecule has 26 heavy (non-hydrogen) atoms. The molecule has 0 spiro atoms. The van der Waals surface area contributed by atoms with Gasteiger partial charge in [0.2, 0.25) is 0 Å². The van der Waals surface area contributed by atoms with E-state index < -0.39 is 5.92 Å². The Labute approximate surface area is 162 Å². The number of Topliss-reactive ketones (excluding diaryl/α,β-unsaturated/α-hetero) is 1. The molecule has 0 aromatic heterocycles. The molecule has 1 heterocycles. The van der Waals surface area contributed by atoms with E-state index in [0.29, 0.717) is 33.8 Å². The van der Waals surface area contributed by atoms with Gasteiger partial charge in [-0.05, 0) is 59.3 Å². The number of benzene rings is 1. The van der Waals surface area contributed by atoms with E-state index in [-0.39, 0.29) is 11.7 Å². The van der Waals surface area contributed by atoms with Crippen LogP contribution in [0.25, 0.3) is 0 Å². The van der Waals surface area contributed by atoms with Gasteiger partial charge in [0.1, 0.15) is 0 Å². The minimum Gasteiger partial charge on any atom is -0.397 e. The molecular weight excluding hydrogens is 392 g/mol. The predicted molar refractivity (Wildman–Crippen MR) is 108 cm³/mol. The molecule has 0 saturated carbocycles. The minimum atomic E-state index is -0.477. The Bertz CT molecular complexity index is 842. The van der Waals surface area contributed by atoms with Gasteiger partial charge >= 0.3 is 0 Å². The van der Waals surface area contributed by atoms with E-state index in [1.807, 2.05) is 13.0 Å². The van der Waals surface area contributed by atoms with Gasteiger partial charge in [0.05, 0.1) is 23.4 Å². The van der Waals surface area contributed by atoms with Crippen LogP contribution in [0.15, 0.2) is 32.9 Å². The summed E-state index contributed by atoms with van der Waals surface area (Å²) in [5, 5.41) is 9.77. The third-order valence-corrected chi connectivity index (χ3v) is 6.01. The van der Waals surface area contributed by atoms with Crippen molar-refractivity contribution >= 4 is 38.8 Å². The number of aliphatic imine (C=N–C) groups is 1. The number of hydrogen-bond acceptors (Lipinski definition) is 5. The molecule has 5 nitrogen and oxygen atoms in total. The van der Waals surface area contributed by atoms with Gasteiger partial charge in [-0.15, -0.1) is 0 Å². The van der Waals surface area contributed by atoms with Crippen molar-refractivity contribution in [3.05, 3.63) is 33.4 Å². The van der Waals surface area contributed by atoms with Crippen molar-refractivity contribution in [3.8, 4) is 6.07 Å². The highest BCUT2D eigenvalue weighted by Crippen LogP contribution is 2.46. The lowest BCUT2D eigenvalue weighted by atomic mass is 9.70. The van der Waals surface area contributed by atoms with Crippen LogP contribution < -0.4 is 11.5 Å². The molecule has 0 amide bonds. The molecule has 1 aromatic carbocycles. The van der Waals surface area contributed by atoms with Crippen LogP contribution in [0, 0.1) is 23.2 Å². The third kappa shape index (κ3) is 3.16. The van der Waals surface area contributed by atoms with Gasteiger partial charge in [0.25, 0.3) is 0 Å². The molecule has 1 aromatic rings. The quantitative estimate of drug-likeness (QED) is 0.716. The summed E-state index contributed by atoms with van der Waals surface area (Å²) in [6, 6.07) is 5.99. The Balaban J connectivity index is 2.14. The summed E-state index contributed by atoms with van der Waals surface area (Å²) in [6.07, 6.45) is 3.40. The van der Waals surface area contributed by atoms with Crippen molar-refractivity contribution in [2.75, 3.05) is 11.5 Å². The molecule has 3 atom stereocenters. The van der Waals surface area contributed by atoms with E-state index in [4.69, 9.17) is 11.5 Å². The minimum absolute atomic E-state index is 0.109. The van der Waals surface area contributed by atoms with Crippen molar-refractivity contribution in [3.63, 3.8) is 0 Å². The van der Waals surface area contributed by atoms with Gasteiger partial charge in [-0.3, -0.25) is 9.79 Å². The number of nitriles is 1. The second-order valence-corrected chi connectivity index (χ2v) is 8.04. The molecular formula is C20H23BrN4O. The number of rotatable bonds is 3. The fourth-order valence-corrected chi connectivity index (χ4v) is 4.61. The molecule has 1 aliphatic carbocycles. The first-order valence-corrected chi connectivity index (χ1v) is 9.72. The molecule has 136 valence electrons. The van der Waals surface area contributed by atoms with E-state index in [9.17, 15) is 10.1 Å². The number of anilines is 2. The highest BCUT2D eigenvalue weighted by Gasteiger charge is 2.41. The van der Waals surface area contributed by atoms with Gasteiger partial charge < -0.3 is 11.5 Å². The summed E-state index contributed by atoms with van der Waals surface area (Å²) in [5.41, 5.74) is 16.0. The van der Waals surface area contributed by atoms with E-state index in [0.717, 1.165) is 36.2 Å². The summed E-state index contributed by atoms with van der Waals surface area (Å²) >= 11 is 3.43. The fraction of sp³-hybridized carbons (Fsp3) is 0.450. The number of carbonyl (C=O) groups excluding carboxylic acids is 1. The lowest BCUT2D eigenvalue weighted by molar-refractivity contribution is -0.117. The fourth-order valence-electron chi connectivity index (χ4n) is 4.12. The average molecular weight is 415 g/mol. The van der Waals surface area contributed by atoms with Crippen LogP contribution in [0.5, 0.6) is 0 Å². The number of carbonyl (C=O) groups is 1. The monoisotopic (exact) mass is 414 g/mol. The Hall–Kier alpha value is -2.13. The number of allylic oxidation sites excluding steroid dienone is 2. The van der Waals surface area contributed by atoms with Crippen LogP contribution in [-0.2, 0) is 4.79 Å². The maximum atomic E-state index is 13.0. The lowest BCUT2D eigenvalue weighted by Crippen LogP contribution is -2.32. The van der Waals surface area contributed by atoms with Gasteiger partial charge in [0, 0.05) is 33.8 Å². The third-order valence-electron chi connectivity index (χ3n) is 5.35. The topological polar surface area (TPSA) is 105 Å². The number of halogens is 1. The zero-order valence-corrected chi connectivity index (χ0v) is 16.6. The van der Waals surface area contributed by atoms with Gasteiger partial charge in [0.15, 0.2) is 5.78 Å². The molecule has 0 fully saturated rings. The lowest BCUT2D eigenvalue weighted by Gasteiger charge is -2.35. The number of nitrogen functional groups attached to an aromatic ring is 2. The first-order valence-electron chi connectivity index (χ1n) is 8.92. The molecule has 0 radical (unpaired) electrons. The van der Waals surface area contributed by atoms with Crippen LogP contribution in [0.1, 0.15) is 51.0 Å². The first-order chi connectivity index (χ1) is 12.4. The Kier molecular flexibility index (Phi) is 5.19. The second kappa shape index (κ2) is 7.24. The van der Waals surface area contributed by atoms with E-state index >= 15 is 0 Å². The van der Waals surface area contributed by atoms with E-state index in [2.05, 4.69) is 33.9 Å². The van der Waals surface area contributed by atoms with Crippen molar-refractivity contribution in [2.24, 2.45) is 16.8 Å². The van der Waals surface area contributed by atoms with Crippen LogP contribution >= 0.6 is 15.9 Å². The summed E-state index contributed by atoms with van der Waals surface area (Å²) in [7, 11) is 0. The molecule has 3 rings (SSSR count). The number of nitrogens with zero attached hydrogens (tertiary/aromatic N) is 2. The van der Waals surface area contributed by atoms with Crippen molar-refractivity contribution in [1.29, 1.82) is 5.26 Å².